The quantitative estimate of drug-likeness (QED) is 0.194. The van der Waals surface area contributed by atoms with Crippen molar-refractivity contribution in [1.29, 1.82) is 0 Å². The summed E-state index contributed by atoms with van der Waals surface area (Å²) in [5.74, 6) is -1.72. The molecule has 0 saturated carbocycles. The third-order valence-electron chi connectivity index (χ3n) is 8.05. The number of aromatic hydroxyl groups is 1. The molecule has 2 aromatic carbocycles. The Morgan fingerprint density at radius 3 is 2.50 bits per heavy atom. The number of halogens is 1. The van der Waals surface area contributed by atoms with Crippen LogP contribution >= 0.6 is 0 Å². The molecule has 2 aromatic heterocycles. The number of aryl methyl sites for hydroxylation is 1. The molecule has 4 aromatic rings. The number of pyridine rings is 1. The van der Waals surface area contributed by atoms with Crippen molar-refractivity contribution < 1.29 is 28.9 Å². The van der Waals surface area contributed by atoms with Gasteiger partial charge in [0.05, 0.1) is 34.7 Å². The molecule has 1 fully saturated rings. The van der Waals surface area contributed by atoms with E-state index in [1.165, 1.54) is 6.07 Å². The summed E-state index contributed by atoms with van der Waals surface area (Å²) in [4.78, 5) is 14.9. The molecular formula is C35H40FN3O5. The number of anilines is 1. The molecule has 9 heteroatoms. The topological polar surface area (TPSA) is 96.5 Å². The largest absolute Gasteiger partial charge is 0.507 e. The van der Waals surface area contributed by atoms with Gasteiger partial charge in [0, 0.05) is 42.0 Å². The zero-order valence-electron chi connectivity index (χ0n) is 25.9. The number of carboxylic acids is 1. The normalized spacial score (nSPS) is 15.8. The first-order valence-corrected chi connectivity index (χ1v) is 14.8. The lowest BCUT2D eigenvalue weighted by Crippen LogP contribution is -2.45. The smallest absolute Gasteiger partial charge is 0.337 e. The Kier molecular flexibility index (Phi) is 8.55. The van der Waals surface area contributed by atoms with E-state index in [1.807, 2.05) is 64.2 Å². The number of phenolic OH excluding ortho intramolecular Hbond substituents is 1. The summed E-state index contributed by atoms with van der Waals surface area (Å²) in [5, 5.41) is 25.7. The van der Waals surface area contributed by atoms with Gasteiger partial charge in [-0.25, -0.2) is 13.7 Å². The minimum Gasteiger partial charge on any atom is -0.507 e. The van der Waals surface area contributed by atoms with Crippen molar-refractivity contribution in [3.63, 3.8) is 0 Å². The second kappa shape index (κ2) is 12.1. The molecule has 1 aliphatic rings. The maximum atomic E-state index is 13.6. The Labute approximate surface area is 257 Å². The van der Waals surface area contributed by atoms with E-state index in [0.717, 1.165) is 41.2 Å². The number of carbonyl (C=O) groups is 1. The van der Waals surface area contributed by atoms with E-state index in [4.69, 9.17) is 14.6 Å². The van der Waals surface area contributed by atoms with E-state index in [-0.39, 0.29) is 11.4 Å². The maximum Gasteiger partial charge on any atom is 0.337 e. The van der Waals surface area contributed by atoms with Crippen molar-refractivity contribution in [3.05, 3.63) is 84.3 Å². The highest BCUT2D eigenvalue weighted by Crippen LogP contribution is 2.41. The van der Waals surface area contributed by atoms with Gasteiger partial charge in [0.25, 0.3) is 0 Å². The maximum absolute atomic E-state index is 13.6. The van der Waals surface area contributed by atoms with Gasteiger partial charge in [0.1, 0.15) is 11.6 Å². The van der Waals surface area contributed by atoms with Gasteiger partial charge in [-0.2, -0.15) is 5.10 Å². The second-order valence-electron chi connectivity index (χ2n) is 12.7. The lowest BCUT2D eigenvalue weighted by molar-refractivity contribution is -0.160. The summed E-state index contributed by atoms with van der Waals surface area (Å²) < 4.78 is 27.7. The van der Waals surface area contributed by atoms with Crippen molar-refractivity contribution in [3.8, 4) is 28.1 Å². The zero-order chi connectivity index (χ0) is 31.8. The predicted molar refractivity (Wildman–Crippen MR) is 170 cm³/mol. The molecule has 2 N–H and O–H groups in total. The molecule has 1 saturated heterocycles. The van der Waals surface area contributed by atoms with Gasteiger partial charge in [-0.05, 0) is 82.9 Å². The fraction of sp³-hybridized carbons (Fsp3) is 0.371. The Hall–Kier alpha value is -4.21. The van der Waals surface area contributed by atoms with Gasteiger partial charge in [-0.3, -0.25) is 0 Å². The molecule has 0 aliphatic carbocycles. The molecule has 1 aliphatic heterocycles. The van der Waals surface area contributed by atoms with E-state index in [2.05, 4.69) is 18.4 Å². The lowest BCUT2D eigenvalue weighted by Gasteiger charge is -2.41. The summed E-state index contributed by atoms with van der Waals surface area (Å²) in [5.41, 5.74) is 4.58. The van der Waals surface area contributed by atoms with Crippen LogP contribution < -0.4 is 4.90 Å². The molecule has 0 amide bonds. The number of rotatable bonds is 9. The highest BCUT2D eigenvalue weighted by atomic mass is 19.1. The minimum absolute atomic E-state index is 0.146. The number of aliphatic carboxylic acids is 1. The van der Waals surface area contributed by atoms with Crippen molar-refractivity contribution in [1.82, 2.24) is 9.61 Å². The van der Waals surface area contributed by atoms with Crippen molar-refractivity contribution in [2.75, 3.05) is 24.6 Å². The molecule has 1 atom stereocenters. The first-order valence-electron chi connectivity index (χ1n) is 14.8. The SMILES string of the molecule is C=CCOC1(C)CCN(c2c(C(OC(C)(C)C)C(=O)O)c(C)cn3nc(-c4cccc(-c5ccc(F)cc5O)c4)cc23)CC1. The number of carboxylic acid groups (broad SMARTS) is 1. The predicted octanol–water partition coefficient (Wildman–Crippen LogP) is 7.32. The Bertz CT molecular complexity index is 1700. The molecule has 44 heavy (non-hydrogen) atoms. The van der Waals surface area contributed by atoms with Crippen molar-refractivity contribution in [2.24, 2.45) is 0 Å². The zero-order valence-corrected chi connectivity index (χ0v) is 25.9. The highest BCUT2D eigenvalue weighted by Gasteiger charge is 2.37. The van der Waals surface area contributed by atoms with E-state index in [1.54, 1.807) is 16.7 Å². The van der Waals surface area contributed by atoms with Crippen LogP contribution in [0, 0.1) is 12.7 Å². The van der Waals surface area contributed by atoms with Gasteiger partial charge in [-0.1, -0.05) is 24.3 Å². The monoisotopic (exact) mass is 601 g/mol. The average Bonchev–Trinajstić information content (AvgIpc) is 3.38. The molecule has 3 heterocycles. The number of piperidine rings is 1. The van der Waals surface area contributed by atoms with Crippen LogP contribution in [0.5, 0.6) is 5.75 Å². The van der Waals surface area contributed by atoms with Crippen molar-refractivity contribution in [2.45, 2.75) is 64.8 Å². The first kappa shape index (κ1) is 31.2. The summed E-state index contributed by atoms with van der Waals surface area (Å²) in [6, 6.07) is 13.4. The number of benzene rings is 2. The number of ether oxygens (including phenoxy) is 2. The molecule has 8 nitrogen and oxygen atoms in total. The summed E-state index contributed by atoms with van der Waals surface area (Å²) >= 11 is 0. The fourth-order valence-electron chi connectivity index (χ4n) is 5.84. The van der Waals surface area contributed by atoms with Crippen molar-refractivity contribution >= 4 is 17.2 Å². The number of hydrogen-bond acceptors (Lipinski definition) is 6. The molecular weight excluding hydrogens is 561 g/mol. The second-order valence-corrected chi connectivity index (χ2v) is 12.7. The summed E-state index contributed by atoms with van der Waals surface area (Å²) in [6.45, 7) is 15.1. The molecule has 1 unspecified atom stereocenters. The third kappa shape index (κ3) is 6.49. The van der Waals surface area contributed by atoms with Crippen LogP contribution in [0.2, 0.25) is 0 Å². The van der Waals surface area contributed by atoms with Gasteiger partial charge >= 0.3 is 5.97 Å². The number of nitrogens with zero attached hydrogens (tertiary/aromatic N) is 3. The average molecular weight is 602 g/mol. The van der Waals surface area contributed by atoms with Gasteiger partial charge in [-0.15, -0.1) is 6.58 Å². The third-order valence-corrected chi connectivity index (χ3v) is 8.05. The van der Waals surface area contributed by atoms with E-state index < -0.39 is 23.5 Å². The number of aromatic nitrogens is 2. The lowest BCUT2D eigenvalue weighted by atomic mass is 9.91. The van der Waals surface area contributed by atoms with Crippen LogP contribution in [0.25, 0.3) is 27.9 Å². The van der Waals surface area contributed by atoms with Crippen LogP contribution in [0.4, 0.5) is 10.1 Å². The molecule has 5 rings (SSSR count). The Balaban J connectivity index is 1.64. The van der Waals surface area contributed by atoms with Crippen LogP contribution in [-0.2, 0) is 14.3 Å². The molecule has 0 bridgehead atoms. The first-order chi connectivity index (χ1) is 20.8. The summed E-state index contributed by atoms with van der Waals surface area (Å²) in [7, 11) is 0. The highest BCUT2D eigenvalue weighted by molar-refractivity contribution is 5.87. The van der Waals surface area contributed by atoms with E-state index >= 15 is 0 Å². The Morgan fingerprint density at radius 1 is 1.16 bits per heavy atom. The van der Waals surface area contributed by atoms with Gasteiger partial charge < -0.3 is 24.6 Å². The number of fused-ring (bicyclic) bond motifs is 1. The van der Waals surface area contributed by atoms with E-state index in [0.29, 0.717) is 42.1 Å². The number of phenols is 1. The van der Waals surface area contributed by atoms with Crippen LogP contribution in [0.3, 0.4) is 0 Å². The van der Waals surface area contributed by atoms with Crippen LogP contribution in [0.1, 0.15) is 57.8 Å². The van der Waals surface area contributed by atoms with Gasteiger partial charge in [0.15, 0.2) is 6.10 Å². The minimum atomic E-state index is -1.19. The van der Waals surface area contributed by atoms with Gasteiger partial charge in [0.2, 0.25) is 0 Å². The van der Waals surface area contributed by atoms with Crippen LogP contribution in [-0.4, -0.2) is 56.7 Å². The molecule has 0 radical (unpaired) electrons. The van der Waals surface area contributed by atoms with E-state index in [9.17, 15) is 19.4 Å². The fourth-order valence-corrected chi connectivity index (χ4v) is 5.84. The standard InChI is InChI=1S/C35H40FN3O5/c1-7-17-43-35(6)13-15-38(16-14-35)31-28-20-27(24-10-8-9-23(18-24)26-12-11-25(36)19-29(26)40)37-39(28)21-22(2)30(31)32(33(41)42)44-34(3,4)5/h7-12,18-21,32,40H,1,13-17H2,2-6H3,(H,41,42). The molecule has 232 valence electrons. The summed E-state index contributed by atoms with van der Waals surface area (Å²) in [6.07, 6.45) is 3.91. The number of hydrogen-bond donors (Lipinski definition) is 2. The Morgan fingerprint density at radius 2 is 1.86 bits per heavy atom. The molecule has 0 spiro atoms. The van der Waals surface area contributed by atoms with Crippen LogP contribution in [0.15, 0.2) is 67.4 Å².